The summed E-state index contributed by atoms with van der Waals surface area (Å²) in [5.41, 5.74) is 3.83. The molecule has 0 amide bonds. The molecule has 2 aromatic heterocycles. The maximum Gasteiger partial charge on any atom is 0.0949 e. The van der Waals surface area contributed by atoms with Crippen molar-refractivity contribution in [3.05, 3.63) is 60.3 Å². The van der Waals surface area contributed by atoms with Gasteiger partial charge >= 0.3 is 0 Å². The van der Waals surface area contributed by atoms with Crippen molar-refractivity contribution in [1.82, 2.24) is 14.5 Å². The normalized spacial score (nSPS) is 21.1. The highest BCUT2D eigenvalue weighted by Gasteiger charge is 2.24. The van der Waals surface area contributed by atoms with Crippen molar-refractivity contribution in [3.63, 3.8) is 0 Å². The molecule has 0 saturated heterocycles. The number of aromatic nitrogens is 3. The summed E-state index contributed by atoms with van der Waals surface area (Å²) in [6, 6.07) is 10.8. The molecule has 3 aromatic rings. The van der Waals surface area contributed by atoms with Crippen molar-refractivity contribution >= 4 is 10.9 Å². The molecule has 0 unspecified atom stereocenters. The number of hydrogen-bond acceptors (Lipinski definition) is 2. The molecule has 1 fully saturated rings. The van der Waals surface area contributed by atoms with Gasteiger partial charge in [-0.3, -0.25) is 4.98 Å². The summed E-state index contributed by atoms with van der Waals surface area (Å²) in [7, 11) is 0. The van der Waals surface area contributed by atoms with Gasteiger partial charge in [-0.2, -0.15) is 0 Å². The second kappa shape index (κ2) is 6.99. The van der Waals surface area contributed by atoms with E-state index in [1.165, 1.54) is 42.3 Å². The number of fused-ring (bicyclic) bond motifs is 1. The third kappa shape index (κ3) is 3.46. The van der Waals surface area contributed by atoms with Gasteiger partial charge in [0.25, 0.3) is 0 Å². The molecule has 3 heteroatoms. The molecule has 1 aromatic carbocycles. The van der Waals surface area contributed by atoms with Crippen molar-refractivity contribution in [2.45, 2.75) is 57.9 Å². The van der Waals surface area contributed by atoms with Crippen LogP contribution < -0.4 is 0 Å². The number of para-hydroxylation sites is 1. The maximum absolute atomic E-state index is 4.53. The van der Waals surface area contributed by atoms with Crippen molar-refractivity contribution < 1.29 is 0 Å². The van der Waals surface area contributed by atoms with Crippen LogP contribution in [0.2, 0.25) is 0 Å². The van der Waals surface area contributed by atoms with Crippen LogP contribution in [0.5, 0.6) is 0 Å². The molecule has 1 saturated carbocycles. The topological polar surface area (TPSA) is 30.7 Å². The van der Waals surface area contributed by atoms with E-state index in [2.05, 4.69) is 64.9 Å². The van der Waals surface area contributed by atoms with E-state index >= 15 is 0 Å². The molecule has 0 radical (unpaired) electrons. The lowest BCUT2D eigenvalue weighted by Crippen LogP contribution is -2.18. The van der Waals surface area contributed by atoms with E-state index in [0.29, 0.717) is 11.8 Å². The lowest BCUT2D eigenvalue weighted by atomic mass is 9.78. The van der Waals surface area contributed by atoms with Crippen LogP contribution in [-0.4, -0.2) is 14.5 Å². The van der Waals surface area contributed by atoms with Gasteiger partial charge in [-0.1, -0.05) is 32.0 Å². The van der Waals surface area contributed by atoms with Gasteiger partial charge in [-0.05, 0) is 61.1 Å². The van der Waals surface area contributed by atoms with Gasteiger partial charge < -0.3 is 4.57 Å². The quantitative estimate of drug-likeness (QED) is 0.628. The number of hydrogen-bond donors (Lipinski definition) is 0. The van der Waals surface area contributed by atoms with E-state index in [4.69, 9.17) is 0 Å². The molecule has 0 aliphatic heterocycles. The summed E-state index contributed by atoms with van der Waals surface area (Å²) in [6.45, 7) is 5.53. The fraction of sp³-hybridized carbons (Fsp3) is 0.455. The number of rotatable bonds is 4. The monoisotopic (exact) mass is 333 g/mol. The van der Waals surface area contributed by atoms with Gasteiger partial charge in [-0.15, -0.1) is 0 Å². The summed E-state index contributed by atoms with van der Waals surface area (Å²) in [4.78, 5) is 9.05. The smallest absolute Gasteiger partial charge is 0.0949 e. The molecule has 0 bridgehead atoms. The summed E-state index contributed by atoms with van der Waals surface area (Å²) in [6.07, 6.45) is 11.4. The van der Waals surface area contributed by atoms with Gasteiger partial charge in [0.2, 0.25) is 0 Å². The predicted molar refractivity (Wildman–Crippen MR) is 103 cm³/mol. The summed E-state index contributed by atoms with van der Waals surface area (Å²) in [5.74, 6) is 1.97. The molecule has 0 N–H and O–H groups in total. The average Bonchev–Trinajstić information content (AvgIpc) is 3.11. The summed E-state index contributed by atoms with van der Waals surface area (Å²) >= 11 is 0. The highest BCUT2D eigenvalue weighted by atomic mass is 15.0. The van der Waals surface area contributed by atoms with E-state index in [1.807, 2.05) is 12.5 Å². The van der Waals surface area contributed by atoms with Crippen LogP contribution in [0.4, 0.5) is 0 Å². The number of benzene rings is 1. The largest absolute Gasteiger partial charge is 0.337 e. The highest BCUT2D eigenvalue weighted by Crippen LogP contribution is 2.38. The molecule has 0 atom stereocenters. The zero-order valence-electron chi connectivity index (χ0n) is 15.2. The minimum absolute atomic E-state index is 0.511. The first-order valence-corrected chi connectivity index (χ1v) is 9.56. The van der Waals surface area contributed by atoms with Gasteiger partial charge in [0.1, 0.15) is 0 Å². The molecular formula is C22H27N3. The van der Waals surface area contributed by atoms with Crippen LogP contribution in [-0.2, 0) is 6.54 Å². The minimum atomic E-state index is 0.511. The van der Waals surface area contributed by atoms with Crippen molar-refractivity contribution in [1.29, 1.82) is 0 Å². The highest BCUT2D eigenvalue weighted by molar-refractivity contribution is 5.82. The van der Waals surface area contributed by atoms with Crippen LogP contribution in [0.15, 0.2) is 49.1 Å². The molecule has 4 rings (SSSR count). The molecule has 2 heterocycles. The molecule has 130 valence electrons. The van der Waals surface area contributed by atoms with E-state index < -0.39 is 0 Å². The molecule has 1 aliphatic rings. The Kier molecular flexibility index (Phi) is 4.56. The Balaban J connectivity index is 1.42. The Hall–Kier alpha value is -2.16. The summed E-state index contributed by atoms with van der Waals surface area (Å²) < 4.78 is 2.29. The molecule has 1 aliphatic carbocycles. The second-order valence-electron chi connectivity index (χ2n) is 7.79. The Morgan fingerprint density at radius 3 is 2.60 bits per heavy atom. The fourth-order valence-electron chi connectivity index (χ4n) is 4.20. The first-order valence-electron chi connectivity index (χ1n) is 9.56. The SMILES string of the molecule is CC(C)c1cn(CC2CCC(c3ccnc4ccccc34)CC2)cn1. The summed E-state index contributed by atoms with van der Waals surface area (Å²) in [5, 5.41) is 1.34. The van der Waals surface area contributed by atoms with E-state index in [9.17, 15) is 0 Å². The number of imidazole rings is 1. The zero-order chi connectivity index (χ0) is 17.2. The Morgan fingerprint density at radius 1 is 1.04 bits per heavy atom. The maximum atomic E-state index is 4.53. The van der Waals surface area contributed by atoms with Crippen molar-refractivity contribution in [2.24, 2.45) is 5.92 Å². The van der Waals surface area contributed by atoms with Gasteiger partial charge in [0.05, 0.1) is 17.5 Å². The first-order chi connectivity index (χ1) is 12.2. The van der Waals surface area contributed by atoms with Crippen LogP contribution in [0.1, 0.15) is 62.6 Å². The molecular weight excluding hydrogens is 306 g/mol. The van der Waals surface area contributed by atoms with E-state index in [0.717, 1.165) is 18.0 Å². The van der Waals surface area contributed by atoms with Crippen LogP contribution in [0.3, 0.4) is 0 Å². The Bertz CT molecular complexity index is 836. The number of pyridine rings is 1. The lowest BCUT2D eigenvalue weighted by Gasteiger charge is -2.29. The third-order valence-corrected chi connectivity index (χ3v) is 5.68. The third-order valence-electron chi connectivity index (χ3n) is 5.68. The Morgan fingerprint density at radius 2 is 1.84 bits per heavy atom. The Labute approximate surface area is 150 Å². The number of nitrogens with zero attached hydrogens (tertiary/aromatic N) is 3. The van der Waals surface area contributed by atoms with E-state index in [1.54, 1.807) is 0 Å². The van der Waals surface area contributed by atoms with Crippen LogP contribution in [0, 0.1) is 5.92 Å². The van der Waals surface area contributed by atoms with Gasteiger partial charge in [0.15, 0.2) is 0 Å². The zero-order valence-corrected chi connectivity index (χ0v) is 15.2. The van der Waals surface area contributed by atoms with Gasteiger partial charge in [-0.25, -0.2) is 4.98 Å². The van der Waals surface area contributed by atoms with Crippen LogP contribution >= 0.6 is 0 Å². The average molecular weight is 333 g/mol. The predicted octanol–water partition coefficient (Wildman–Crippen LogP) is 5.53. The molecule has 0 spiro atoms. The van der Waals surface area contributed by atoms with Crippen molar-refractivity contribution in [3.8, 4) is 0 Å². The fourth-order valence-corrected chi connectivity index (χ4v) is 4.20. The molecule has 3 nitrogen and oxygen atoms in total. The standard InChI is InChI=1S/C22H27N3/c1-16(2)22-14-25(15-24-22)13-17-7-9-18(10-8-17)19-11-12-23-21-6-4-3-5-20(19)21/h3-6,11-12,14-18H,7-10,13H2,1-2H3. The van der Waals surface area contributed by atoms with Crippen LogP contribution in [0.25, 0.3) is 10.9 Å². The van der Waals surface area contributed by atoms with Gasteiger partial charge in [0, 0.05) is 24.3 Å². The minimum Gasteiger partial charge on any atom is -0.337 e. The first kappa shape index (κ1) is 16.3. The lowest BCUT2D eigenvalue weighted by molar-refractivity contribution is 0.294. The van der Waals surface area contributed by atoms with E-state index in [-0.39, 0.29) is 0 Å². The van der Waals surface area contributed by atoms with Crippen molar-refractivity contribution in [2.75, 3.05) is 0 Å². The second-order valence-corrected chi connectivity index (χ2v) is 7.79. The molecule has 25 heavy (non-hydrogen) atoms.